The Morgan fingerprint density at radius 3 is 3.05 bits per heavy atom. The summed E-state index contributed by atoms with van der Waals surface area (Å²) in [5, 5.41) is 16.9. The highest BCUT2D eigenvalue weighted by Crippen LogP contribution is 2.28. The van der Waals surface area contributed by atoms with Gasteiger partial charge in [0.15, 0.2) is 0 Å². The minimum Gasteiger partial charge on any atom is -0.478 e. The van der Waals surface area contributed by atoms with Gasteiger partial charge in [0.2, 0.25) is 0 Å². The molecule has 22 heavy (non-hydrogen) atoms. The number of hydrogen-bond donors (Lipinski definition) is 1. The molecule has 1 aromatic carbocycles. The number of aryl methyl sites for hydroxylation is 1. The molecule has 6 nitrogen and oxygen atoms in total. The number of likely N-dealkylation sites (tertiary alicyclic amines) is 1. The monoisotopic (exact) mass is 301 g/mol. The SMILES string of the molecule is Cc1nonc1CN1CCC[C@@H](c2cccc(C(=O)O)c2)C1. The highest BCUT2D eigenvalue weighted by molar-refractivity contribution is 5.87. The summed E-state index contributed by atoms with van der Waals surface area (Å²) < 4.78 is 4.75. The highest BCUT2D eigenvalue weighted by atomic mass is 16.6. The summed E-state index contributed by atoms with van der Waals surface area (Å²) >= 11 is 0. The number of aromatic carboxylic acids is 1. The molecule has 0 bridgehead atoms. The molecule has 0 spiro atoms. The van der Waals surface area contributed by atoms with Crippen molar-refractivity contribution < 1.29 is 14.5 Å². The molecule has 0 amide bonds. The third-order valence-corrected chi connectivity index (χ3v) is 4.23. The Kier molecular flexibility index (Phi) is 4.20. The third kappa shape index (κ3) is 3.17. The summed E-state index contributed by atoms with van der Waals surface area (Å²) in [7, 11) is 0. The number of piperidine rings is 1. The van der Waals surface area contributed by atoms with E-state index in [2.05, 4.69) is 15.2 Å². The number of hydrogen-bond acceptors (Lipinski definition) is 5. The molecule has 1 aromatic heterocycles. The zero-order chi connectivity index (χ0) is 15.5. The molecule has 0 aliphatic carbocycles. The van der Waals surface area contributed by atoms with Gasteiger partial charge in [0.25, 0.3) is 0 Å². The van der Waals surface area contributed by atoms with E-state index < -0.39 is 5.97 Å². The maximum Gasteiger partial charge on any atom is 0.335 e. The number of aromatic nitrogens is 2. The van der Waals surface area contributed by atoms with E-state index in [4.69, 9.17) is 9.74 Å². The van der Waals surface area contributed by atoms with Crippen molar-refractivity contribution in [3.05, 3.63) is 46.8 Å². The predicted octanol–water partition coefficient (Wildman–Crippen LogP) is 2.46. The van der Waals surface area contributed by atoms with Crippen LogP contribution in [0.5, 0.6) is 0 Å². The fraction of sp³-hybridized carbons (Fsp3) is 0.438. The van der Waals surface area contributed by atoms with Gasteiger partial charge < -0.3 is 5.11 Å². The number of carboxylic acids is 1. The van der Waals surface area contributed by atoms with E-state index in [1.165, 1.54) is 0 Å². The van der Waals surface area contributed by atoms with Crippen molar-refractivity contribution in [1.29, 1.82) is 0 Å². The average molecular weight is 301 g/mol. The molecule has 1 aliphatic heterocycles. The summed E-state index contributed by atoms with van der Waals surface area (Å²) in [6, 6.07) is 7.27. The van der Waals surface area contributed by atoms with Crippen molar-refractivity contribution in [2.45, 2.75) is 32.2 Å². The van der Waals surface area contributed by atoms with Gasteiger partial charge in [0.05, 0.1) is 5.56 Å². The van der Waals surface area contributed by atoms with E-state index >= 15 is 0 Å². The van der Waals surface area contributed by atoms with Crippen molar-refractivity contribution in [3.8, 4) is 0 Å². The second kappa shape index (κ2) is 6.27. The lowest BCUT2D eigenvalue weighted by Gasteiger charge is -2.32. The molecule has 1 atom stereocenters. The summed E-state index contributed by atoms with van der Waals surface area (Å²) in [6.45, 7) is 4.53. The first-order valence-electron chi connectivity index (χ1n) is 7.47. The molecule has 0 unspecified atom stereocenters. The second-order valence-corrected chi connectivity index (χ2v) is 5.80. The molecule has 1 saturated heterocycles. The standard InChI is InChI=1S/C16H19N3O3/c1-11-15(18-22-17-11)10-19-7-3-6-14(9-19)12-4-2-5-13(8-12)16(20)21/h2,4-5,8,14H,3,6-7,9-10H2,1H3,(H,20,21)/t14-/m1/s1. The maximum absolute atomic E-state index is 11.1. The zero-order valence-electron chi connectivity index (χ0n) is 12.5. The molecule has 116 valence electrons. The van der Waals surface area contributed by atoms with Crippen LogP contribution in [0, 0.1) is 6.92 Å². The van der Waals surface area contributed by atoms with Gasteiger partial charge in [0.1, 0.15) is 11.4 Å². The molecule has 1 fully saturated rings. The maximum atomic E-state index is 11.1. The van der Waals surface area contributed by atoms with Gasteiger partial charge in [-0.1, -0.05) is 22.4 Å². The van der Waals surface area contributed by atoms with Gasteiger partial charge in [-0.3, -0.25) is 4.90 Å². The quantitative estimate of drug-likeness (QED) is 0.934. The predicted molar refractivity (Wildman–Crippen MR) is 79.7 cm³/mol. The van der Waals surface area contributed by atoms with E-state index in [1.807, 2.05) is 19.1 Å². The fourth-order valence-electron chi connectivity index (χ4n) is 3.00. The Balaban J connectivity index is 1.71. The van der Waals surface area contributed by atoms with Crippen LogP contribution in [0.15, 0.2) is 28.9 Å². The van der Waals surface area contributed by atoms with Crippen LogP contribution in [0.2, 0.25) is 0 Å². The van der Waals surface area contributed by atoms with E-state index in [-0.39, 0.29) is 0 Å². The van der Waals surface area contributed by atoms with Gasteiger partial charge >= 0.3 is 5.97 Å². The smallest absolute Gasteiger partial charge is 0.335 e. The fourth-order valence-corrected chi connectivity index (χ4v) is 3.00. The van der Waals surface area contributed by atoms with Gasteiger partial charge in [-0.15, -0.1) is 0 Å². The van der Waals surface area contributed by atoms with Crippen LogP contribution in [-0.4, -0.2) is 39.4 Å². The van der Waals surface area contributed by atoms with E-state index in [1.54, 1.807) is 12.1 Å². The van der Waals surface area contributed by atoms with Crippen LogP contribution in [0.1, 0.15) is 46.1 Å². The molecule has 6 heteroatoms. The number of carboxylic acid groups (broad SMARTS) is 1. The lowest BCUT2D eigenvalue weighted by molar-refractivity contribution is 0.0696. The van der Waals surface area contributed by atoms with Crippen LogP contribution in [-0.2, 0) is 6.54 Å². The van der Waals surface area contributed by atoms with Gasteiger partial charge in [-0.25, -0.2) is 9.42 Å². The summed E-state index contributed by atoms with van der Waals surface area (Å²) in [5.74, 6) is -0.521. The van der Waals surface area contributed by atoms with Crippen molar-refractivity contribution >= 4 is 5.97 Å². The second-order valence-electron chi connectivity index (χ2n) is 5.80. The molecule has 1 N–H and O–H groups in total. The van der Waals surface area contributed by atoms with Gasteiger partial charge in [-0.05, 0) is 49.9 Å². The third-order valence-electron chi connectivity index (χ3n) is 4.23. The number of carbonyl (C=O) groups is 1. The average Bonchev–Trinajstić information content (AvgIpc) is 2.93. The number of nitrogens with zero attached hydrogens (tertiary/aromatic N) is 3. The molecule has 2 heterocycles. The molecule has 2 aromatic rings. The normalized spacial score (nSPS) is 19.2. The summed E-state index contributed by atoms with van der Waals surface area (Å²) in [5.41, 5.74) is 3.15. The first kappa shape index (κ1) is 14.7. The minimum atomic E-state index is -0.876. The van der Waals surface area contributed by atoms with Crippen molar-refractivity contribution in [1.82, 2.24) is 15.2 Å². The Bertz CT molecular complexity index is 668. The molecule has 0 saturated carbocycles. The molecular formula is C16H19N3O3. The first-order valence-corrected chi connectivity index (χ1v) is 7.47. The van der Waals surface area contributed by atoms with Crippen molar-refractivity contribution in [2.75, 3.05) is 13.1 Å². The number of benzene rings is 1. The van der Waals surface area contributed by atoms with Gasteiger partial charge in [-0.2, -0.15) is 0 Å². The molecule has 1 aliphatic rings. The van der Waals surface area contributed by atoms with E-state index in [0.717, 1.165) is 49.4 Å². The molecule has 0 radical (unpaired) electrons. The molecule has 3 rings (SSSR count). The van der Waals surface area contributed by atoms with Crippen LogP contribution in [0.4, 0.5) is 0 Å². The van der Waals surface area contributed by atoms with E-state index in [0.29, 0.717) is 11.5 Å². The molecular weight excluding hydrogens is 282 g/mol. The van der Waals surface area contributed by atoms with Crippen LogP contribution >= 0.6 is 0 Å². The lowest BCUT2D eigenvalue weighted by Crippen LogP contribution is -2.34. The Morgan fingerprint density at radius 2 is 2.32 bits per heavy atom. The first-order chi connectivity index (χ1) is 10.6. The van der Waals surface area contributed by atoms with Crippen molar-refractivity contribution in [3.63, 3.8) is 0 Å². The van der Waals surface area contributed by atoms with Crippen molar-refractivity contribution in [2.24, 2.45) is 0 Å². The van der Waals surface area contributed by atoms with Crippen LogP contribution in [0.25, 0.3) is 0 Å². The Labute approximate surface area is 128 Å². The largest absolute Gasteiger partial charge is 0.478 e. The van der Waals surface area contributed by atoms with E-state index in [9.17, 15) is 4.79 Å². The van der Waals surface area contributed by atoms with Crippen LogP contribution < -0.4 is 0 Å². The lowest BCUT2D eigenvalue weighted by atomic mass is 9.89. The zero-order valence-corrected chi connectivity index (χ0v) is 12.5. The topological polar surface area (TPSA) is 79.5 Å². The number of rotatable bonds is 4. The summed E-state index contributed by atoms with van der Waals surface area (Å²) in [6.07, 6.45) is 2.17. The summed E-state index contributed by atoms with van der Waals surface area (Å²) in [4.78, 5) is 13.4. The van der Waals surface area contributed by atoms with Crippen LogP contribution in [0.3, 0.4) is 0 Å². The highest BCUT2D eigenvalue weighted by Gasteiger charge is 2.23. The van der Waals surface area contributed by atoms with Gasteiger partial charge in [0, 0.05) is 13.1 Å². The minimum absolute atomic E-state index is 0.353. The Hall–Kier alpha value is -2.21. The Morgan fingerprint density at radius 1 is 1.45 bits per heavy atom.